The molecular formula is C16H13NO2S. The third-order valence-electron chi connectivity index (χ3n) is 4.05. The maximum Gasteiger partial charge on any atom is 0.347 e. The van der Waals surface area contributed by atoms with E-state index in [9.17, 15) is 4.79 Å². The smallest absolute Gasteiger partial charge is 0.347 e. The Bertz CT molecular complexity index is 819. The molecule has 1 aromatic carbocycles. The van der Waals surface area contributed by atoms with Gasteiger partial charge in [0, 0.05) is 4.88 Å². The van der Waals surface area contributed by atoms with Gasteiger partial charge in [0.15, 0.2) is 6.39 Å². The van der Waals surface area contributed by atoms with Crippen molar-refractivity contribution in [1.82, 2.24) is 4.98 Å². The SMILES string of the molecule is O=c1ocnc2sc3c(c12)CCC(c1ccccc1)C3. The van der Waals surface area contributed by atoms with Gasteiger partial charge < -0.3 is 4.42 Å². The van der Waals surface area contributed by atoms with Crippen LogP contribution in [0.2, 0.25) is 0 Å². The Hall–Kier alpha value is -1.94. The van der Waals surface area contributed by atoms with Gasteiger partial charge in [-0.05, 0) is 36.3 Å². The highest BCUT2D eigenvalue weighted by Crippen LogP contribution is 2.39. The average Bonchev–Trinajstić information content (AvgIpc) is 2.87. The molecule has 0 aliphatic heterocycles. The minimum absolute atomic E-state index is 0.245. The monoisotopic (exact) mass is 283 g/mol. The number of hydrogen-bond donors (Lipinski definition) is 0. The average molecular weight is 283 g/mol. The van der Waals surface area contributed by atoms with E-state index < -0.39 is 0 Å². The molecule has 0 radical (unpaired) electrons. The fourth-order valence-electron chi connectivity index (χ4n) is 3.06. The number of hydrogen-bond acceptors (Lipinski definition) is 4. The molecule has 0 spiro atoms. The molecule has 1 aliphatic carbocycles. The third-order valence-corrected chi connectivity index (χ3v) is 5.21. The van der Waals surface area contributed by atoms with Gasteiger partial charge >= 0.3 is 5.63 Å². The molecule has 0 saturated heterocycles. The fraction of sp³-hybridized carbons (Fsp3) is 0.250. The molecule has 4 rings (SSSR count). The summed E-state index contributed by atoms with van der Waals surface area (Å²) in [4.78, 5) is 18.2. The zero-order valence-electron chi connectivity index (χ0n) is 10.8. The predicted octanol–water partition coefficient (Wildman–Crippen LogP) is 3.52. The van der Waals surface area contributed by atoms with Crippen LogP contribution in [0.25, 0.3) is 10.2 Å². The van der Waals surface area contributed by atoms with Crippen LogP contribution in [-0.4, -0.2) is 4.98 Å². The number of thiophene rings is 1. The maximum atomic E-state index is 11.9. The summed E-state index contributed by atoms with van der Waals surface area (Å²) in [5.74, 6) is 0.545. The van der Waals surface area contributed by atoms with Crippen molar-refractivity contribution in [1.29, 1.82) is 0 Å². The molecule has 1 atom stereocenters. The Kier molecular flexibility index (Phi) is 2.70. The second-order valence-electron chi connectivity index (χ2n) is 5.17. The Balaban J connectivity index is 1.79. The summed E-state index contributed by atoms with van der Waals surface area (Å²) in [6, 6.07) is 10.6. The first-order chi connectivity index (χ1) is 9.83. The largest absolute Gasteiger partial charge is 0.411 e. The van der Waals surface area contributed by atoms with Crippen LogP contribution in [0.4, 0.5) is 0 Å². The lowest BCUT2D eigenvalue weighted by atomic mass is 9.83. The molecular weight excluding hydrogens is 270 g/mol. The van der Waals surface area contributed by atoms with Gasteiger partial charge in [0.25, 0.3) is 0 Å². The standard InChI is InChI=1S/C16H13NO2S/c18-16-14-12-7-6-11(10-4-2-1-3-5-10)8-13(12)20-15(14)17-9-19-16/h1-5,9,11H,6-8H2. The van der Waals surface area contributed by atoms with Crippen molar-refractivity contribution in [2.24, 2.45) is 0 Å². The summed E-state index contributed by atoms with van der Waals surface area (Å²) in [6.45, 7) is 0. The van der Waals surface area contributed by atoms with E-state index in [1.807, 2.05) is 6.07 Å². The molecule has 1 aliphatic rings. The number of benzene rings is 1. The quantitative estimate of drug-likeness (QED) is 0.686. The summed E-state index contributed by atoms with van der Waals surface area (Å²) in [5.41, 5.74) is 2.31. The summed E-state index contributed by atoms with van der Waals surface area (Å²) in [7, 11) is 0. The van der Waals surface area contributed by atoms with Gasteiger partial charge in [-0.25, -0.2) is 9.78 Å². The highest BCUT2D eigenvalue weighted by Gasteiger charge is 2.25. The van der Waals surface area contributed by atoms with E-state index >= 15 is 0 Å². The van der Waals surface area contributed by atoms with Gasteiger partial charge in [-0.2, -0.15) is 0 Å². The Morgan fingerprint density at radius 1 is 1.25 bits per heavy atom. The van der Waals surface area contributed by atoms with E-state index in [1.165, 1.54) is 22.4 Å². The highest BCUT2D eigenvalue weighted by molar-refractivity contribution is 7.18. The first-order valence-corrected chi connectivity index (χ1v) is 7.57. The summed E-state index contributed by atoms with van der Waals surface area (Å²) in [6.07, 6.45) is 4.27. The van der Waals surface area contributed by atoms with Gasteiger partial charge in [-0.1, -0.05) is 30.3 Å². The van der Waals surface area contributed by atoms with E-state index in [0.717, 1.165) is 24.1 Å². The molecule has 0 bridgehead atoms. The van der Waals surface area contributed by atoms with Gasteiger partial charge in [0.05, 0.1) is 0 Å². The highest BCUT2D eigenvalue weighted by atomic mass is 32.1. The van der Waals surface area contributed by atoms with Crippen LogP contribution in [0.15, 0.2) is 45.9 Å². The lowest BCUT2D eigenvalue weighted by molar-refractivity contribution is 0.500. The molecule has 20 heavy (non-hydrogen) atoms. The minimum Gasteiger partial charge on any atom is -0.411 e. The number of aryl methyl sites for hydroxylation is 1. The first kappa shape index (κ1) is 11.9. The normalized spacial score (nSPS) is 18.1. The summed E-state index contributed by atoms with van der Waals surface area (Å²) >= 11 is 1.64. The lowest BCUT2D eigenvalue weighted by Crippen LogP contribution is -2.12. The Morgan fingerprint density at radius 3 is 2.95 bits per heavy atom. The first-order valence-electron chi connectivity index (χ1n) is 6.76. The van der Waals surface area contributed by atoms with E-state index in [1.54, 1.807) is 11.3 Å². The minimum atomic E-state index is -0.245. The van der Waals surface area contributed by atoms with Crippen molar-refractivity contribution in [3.05, 3.63) is 63.1 Å². The molecule has 0 saturated carbocycles. The molecule has 0 N–H and O–H groups in total. The van der Waals surface area contributed by atoms with Crippen LogP contribution >= 0.6 is 11.3 Å². The van der Waals surface area contributed by atoms with Crippen molar-refractivity contribution >= 4 is 21.6 Å². The van der Waals surface area contributed by atoms with Crippen LogP contribution in [0.5, 0.6) is 0 Å². The molecule has 2 aromatic heterocycles. The molecule has 0 fully saturated rings. The van der Waals surface area contributed by atoms with Crippen LogP contribution < -0.4 is 5.63 Å². The van der Waals surface area contributed by atoms with E-state index in [4.69, 9.17) is 4.42 Å². The summed E-state index contributed by atoms with van der Waals surface area (Å²) in [5, 5.41) is 0.707. The molecule has 100 valence electrons. The molecule has 3 nitrogen and oxygen atoms in total. The topological polar surface area (TPSA) is 43.1 Å². The van der Waals surface area contributed by atoms with Crippen LogP contribution in [0.3, 0.4) is 0 Å². The van der Waals surface area contributed by atoms with Crippen molar-refractivity contribution in [3.63, 3.8) is 0 Å². The maximum absolute atomic E-state index is 11.9. The molecule has 3 aromatic rings. The fourth-order valence-corrected chi connectivity index (χ4v) is 4.31. The molecule has 2 heterocycles. The zero-order chi connectivity index (χ0) is 13.5. The van der Waals surface area contributed by atoms with E-state index in [2.05, 4.69) is 29.2 Å². The van der Waals surface area contributed by atoms with Gasteiger partial charge in [0.2, 0.25) is 0 Å². The van der Waals surface area contributed by atoms with E-state index in [-0.39, 0.29) is 5.63 Å². The van der Waals surface area contributed by atoms with Crippen LogP contribution in [-0.2, 0) is 12.8 Å². The second-order valence-corrected chi connectivity index (χ2v) is 6.26. The van der Waals surface area contributed by atoms with Crippen molar-refractivity contribution in [2.75, 3.05) is 0 Å². The second kappa shape index (κ2) is 4.56. The Labute approximate surface area is 119 Å². The predicted molar refractivity (Wildman–Crippen MR) is 79.4 cm³/mol. The van der Waals surface area contributed by atoms with Crippen molar-refractivity contribution in [2.45, 2.75) is 25.2 Å². The summed E-state index contributed by atoms with van der Waals surface area (Å²) < 4.78 is 4.92. The molecule has 4 heteroatoms. The van der Waals surface area contributed by atoms with Crippen LogP contribution in [0, 0.1) is 0 Å². The zero-order valence-corrected chi connectivity index (χ0v) is 11.7. The van der Waals surface area contributed by atoms with Gasteiger partial charge in [-0.15, -0.1) is 11.3 Å². The molecule has 0 amide bonds. The van der Waals surface area contributed by atoms with E-state index in [0.29, 0.717) is 11.3 Å². The van der Waals surface area contributed by atoms with Gasteiger partial charge in [0.1, 0.15) is 10.2 Å². The Morgan fingerprint density at radius 2 is 2.10 bits per heavy atom. The van der Waals surface area contributed by atoms with Crippen molar-refractivity contribution < 1.29 is 4.42 Å². The van der Waals surface area contributed by atoms with Crippen molar-refractivity contribution in [3.8, 4) is 0 Å². The number of aromatic nitrogens is 1. The molecule has 1 unspecified atom stereocenters. The van der Waals surface area contributed by atoms with Gasteiger partial charge in [-0.3, -0.25) is 0 Å². The third kappa shape index (κ3) is 1.79. The lowest BCUT2D eigenvalue weighted by Gasteiger charge is -2.22. The van der Waals surface area contributed by atoms with Crippen LogP contribution in [0.1, 0.15) is 28.3 Å². The number of rotatable bonds is 1. The number of nitrogens with zero attached hydrogens (tertiary/aromatic N) is 1. The number of fused-ring (bicyclic) bond motifs is 3.